The molecular weight excluding hydrogens is 479 g/mol. The molecule has 0 aliphatic carbocycles. The highest BCUT2D eigenvalue weighted by Crippen LogP contribution is 2.39. The van der Waals surface area contributed by atoms with E-state index in [-0.39, 0.29) is 28.3 Å². The van der Waals surface area contributed by atoms with Crippen LogP contribution in [0.1, 0.15) is 47.1 Å². The zero-order chi connectivity index (χ0) is 26.6. The third-order valence-corrected chi connectivity index (χ3v) is 5.88. The van der Waals surface area contributed by atoms with Crippen molar-refractivity contribution in [2.45, 2.75) is 32.4 Å². The molecule has 0 saturated heterocycles. The van der Waals surface area contributed by atoms with Gasteiger partial charge in [-0.1, -0.05) is 61.9 Å². The van der Waals surface area contributed by atoms with E-state index >= 15 is 0 Å². The number of carbonyl (C=O) groups excluding carboxylic acids is 1. The maximum atomic E-state index is 13.7. The van der Waals surface area contributed by atoms with E-state index in [1.165, 1.54) is 22.9 Å². The van der Waals surface area contributed by atoms with Crippen LogP contribution in [0.4, 0.5) is 18.9 Å². The zero-order valence-corrected chi connectivity index (χ0v) is 20.1. The highest BCUT2D eigenvalue weighted by molar-refractivity contribution is 6.06. The van der Waals surface area contributed by atoms with E-state index in [1.54, 1.807) is 54.6 Å². The van der Waals surface area contributed by atoms with Crippen molar-refractivity contribution >= 4 is 17.4 Å². The Morgan fingerprint density at radius 2 is 1.70 bits per heavy atom. The quantitative estimate of drug-likeness (QED) is 0.190. The Morgan fingerprint density at radius 3 is 2.41 bits per heavy atom. The summed E-state index contributed by atoms with van der Waals surface area (Å²) in [5.74, 6) is -0.649. The van der Waals surface area contributed by atoms with Gasteiger partial charge in [-0.15, -0.1) is 0 Å². The van der Waals surface area contributed by atoms with Crippen molar-refractivity contribution in [2.24, 2.45) is 5.73 Å². The standard InChI is InChI=1S/C28H26F3N5O/c1-2-3-10-19-17-25(36(35-19)20-11-8-9-18(16-20)26(32)33)27(37)34-24-15-7-5-13-22(24)21-12-4-6-14-23(21)28(29,30)31/h4-9,11-17H,2-3,10H2,1H3,(H3,32,33)(H,34,37). The number of unbranched alkanes of at least 4 members (excludes halogenated alkanes) is 1. The fraction of sp³-hybridized carbons (Fsp3) is 0.179. The van der Waals surface area contributed by atoms with Crippen LogP contribution in [0.3, 0.4) is 0 Å². The number of para-hydroxylation sites is 1. The number of benzene rings is 3. The molecule has 0 radical (unpaired) electrons. The van der Waals surface area contributed by atoms with Crippen LogP contribution < -0.4 is 11.1 Å². The Kier molecular flexibility index (Phi) is 7.42. The van der Waals surface area contributed by atoms with Gasteiger partial charge >= 0.3 is 6.18 Å². The number of aryl methyl sites for hydroxylation is 1. The SMILES string of the molecule is CCCCc1cc(C(=O)Nc2ccccc2-c2ccccc2C(F)(F)F)n(-c2cccc(C(=N)N)c2)n1. The average Bonchev–Trinajstić information content (AvgIpc) is 3.32. The second kappa shape index (κ2) is 10.7. The molecule has 0 aliphatic rings. The second-order valence-electron chi connectivity index (χ2n) is 8.54. The van der Waals surface area contributed by atoms with Gasteiger partial charge in [0, 0.05) is 16.8 Å². The van der Waals surface area contributed by atoms with Gasteiger partial charge in [-0.2, -0.15) is 18.3 Å². The molecule has 1 aromatic heterocycles. The Labute approximate surface area is 212 Å². The predicted octanol–water partition coefficient (Wildman–Crippen LogP) is 6.44. The van der Waals surface area contributed by atoms with Crippen molar-refractivity contribution in [1.29, 1.82) is 5.41 Å². The lowest BCUT2D eigenvalue weighted by molar-refractivity contribution is -0.137. The molecule has 0 saturated carbocycles. The van der Waals surface area contributed by atoms with E-state index in [4.69, 9.17) is 11.1 Å². The summed E-state index contributed by atoms with van der Waals surface area (Å²) in [5.41, 5.74) is 7.24. The maximum Gasteiger partial charge on any atom is 0.417 e. The first kappa shape index (κ1) is 25.7. The van der Waals surface area contributed by atoms with E-state index in [1.807, 2.05) is 0 Å². The van der Waals surface area contributed by atoms with Gasteiger partial charge in [0.15, 0.2) is 0 Å². The van der Waals surface area contributed by atoms with Crippen LogP contribution in [0.5, 0.6) is 0 Å². The van der Waals surface area contributed by atoms with Crippen LogP contribution in [0.15, 0.2) is 78.9 Å². The third-order valence-electron chi connectivity index (χ3n) is 5.88. The second-order valence-corrected chi connectivity index (χ2v) is 8.54. The molecular formula is C28H26F3N5O. The van der Waals surface area contributed by atoms with Gasteiger partial charge in [-0.25, -0.2) is 4.68 Å². The molecule has 4 N–H and O–H groups in total. The number of nitrogens with two attached hydrogens (primary N) is 1. The number of amidine groups is 1. The molecule has 6 nitrogen and oxygen atoms in total. The van der Waals surface area contributed by atoms with E-state index in [9.17, 15) is 18.0 Å². The highest BCUT2D eigenvalue weighted by atomic mass is 19.4. The molecule has 4 aromatic rings. The summed E-state index contributed by atoms with van der Waals surface area (Å²) >= 11 is 0. The highest BCUT2D eigenvalue weighted by Gasteiger charge is 2.34. The minimum Gasteiger partial charge on any atom is -0.384 e. The topological polar surface area (TPSA) is 96.8 Å². The van der Waals surface area contributed by atoms with Crippen molar-refractivity contribution in [3.8, 4) is 16.8 Å². The van der Waals surface area contributed by atoms with Crippen LogP contribution in [-0.4, -0.2) is 21.5 Å². The van der Waals surface area contributed by atoms with E-state index < -0.39 is 17.6 Å². The van der Waals surface area contributed by atoms with Gasteiger partial charge in [0.2, 0.25) is 0 Å². The lowest BCUT2D eigenvalue weighted by atomic mass is 9.97. The molecule has 3 aromatic carbocycles. The first-order valence-electron chi connectivity index (χ1n) is 11.8. The number of hydrogen-bond acceptors (Lipinski definition) is 3. The summed E-state index contributed by atoms with van der Waals surface area (Å²) < 4.78 is 42.6. The van der Waals surface area contributed by atoms with E-state index in [0.717, 1.165) is 18.9 Å². The van der Waals surface area contributed by atoms with E-state index in [2.05, 4.69) is 17.3 Å². The van der Waals surface area contributed by atoms with Gasteiger partial charge in [0.25, 0.3) is 5.91 Å². The van der Waals surface area contributed by atoms with Crippen molar-refractivity contribution in [3.05, 3.63) is 101 Å². The van der Waals surface area contributed by atoms with Gasteiger partial charge in [-0.05, 0) is 48.7 Å². The summed E-state index contributed by atoms with van der Waals surface area (Å²) in [4.78, 5) is 13.5. The lowest BCUT2D eigenvalue weighted by Crippen LogP contribution is -2.18. The number of nitrogens with zero attached hydrogens (tertiary/aromatic N) is 2. The molecule has 4 rings (SSSR count). The van der Waals surface area contributed by atoms with Crippen LogP contribution >= 0.6 is 0 Å². The fourth-order valence-electron chi connectivity index (χ4n) is 4.05. The van der Waals surface area contributed by atoms with Crippen molar-refractivity contribution in [2.75, 3.05) is 5.32 Å². The molecule has 0 aliphatic heterocycles. The summed E-state index contributed by atoms with van der Waals surface area (Å²) in [7, 11) is 0. The number of alkyl halides is 3. The Morgan fingerprint density at radius 1 is 1.00 bits per heavy atom. The summed E-state index contributed by atoms with van der Waals surface area (Å²) in [6, 6.07) is 20.1. The smallest absolute Gasteiger partial charge is 0.384 e. The molecule has 0 spiro atoms. The Balaban J connectivity index is 1.75. The normalized spacial score (nSPS) is 11.4. The third kappa shape index (κ3) is 5.72. The number of nitrogen functional groups attached to an aromatic ring is 1. The molecule has 190 valence electrons. The molecule has 0 fully saturated rings. The number of carbonyl (C=O) groups is 1. The number of halogens is 3. The van der Waals surface area contributed by atoms with Crippen LogP contribution in [0.2, 0.25) is 0 Å². The van der Waals surface area contributed by atoms with Gasteiger partial charge in [-0.3, -0.25) is 10.2 Å². The summed E-state index contributed by atoms with van der Waals surface area (Å²) in [5, 5.41) is 15.1. The number of nitrogens with one attached hydrogen (secondary N) is 2. The van der Waals surface area contributed by atoms with E-state index in [0.29, 0.717) is 23.4 Å². The zero-order valence-electron chi connectivity index (χ0n) is 20.1. The monoisotopic (exact) mass is 505 g/mol. The number of aromatic nitrogens is 2. The molecule has 37 heavy (non-hydrogen) atoms. The molecule has 0 atom stereocenters. The van der Waals surface area contributed by atoms with Gasteiger partial charge < -0.3 is 11.1 Å². The number of hydrogen-bond donors (Lipinski definition) is 3. The van der Waals surface area contributed by atoms with Gasteiger partial charge in [0.1, 0.15) is 11.5 Å². The lowest BCUT2D eigenvalue weighted by Gasteiger charge is -2.16. The molecule has 1 amide bonds. The average molecular weight is 506 g/mol. The maximum absolute atomic E-state index is 13.7. The number of rotatable bonds is 8. The summed E-state index contributed by atoms with van der Waals surface area (Å²) in [6.45, 7) is 2.05. The summed E-state index contributed by atoms with van der Waals surface area (Å²) in [6.07, 6.45) is -2.07. The molecule has 0 bridgehead atoms. The van der Waals surface area contributed by atoms with Crippen LogP contribution in [0.25, 0.3) is 16.8 Å². The minimum atomic E-state index is -4.55. The molecule has 9 heteroatoms. The molecule has 0 unspecified atom stereocenters. The predicted molar refractivity (Wildman–Crippen MR) is 138 cm³/mol. The number of anilines is 1. The van der Waals surface area contributed by atoms with Crippen LogP contribution in [0, 0.1) is 5.41 Å². The molecule has 1 heterocycles. The Bertz CT molecular complexity index is 1440. The van der Waals surface area contributed by atoms with Crippen molar-refractivity contribution in [1.82, 2.24) is 9.78 Å². The fourth-order valence-corrected chi connectivity index (χ4v) is 4.05. The number of amides is 1. The van der Waals surface area contributed by atoms with Gasteiger partial charge in [0.05, 0.1) is 16.9 Å². The van der Waals surface area contributed by atoms with Crippen molar-refractivity contribution in [3.63, 3.8) is 0 Å². The van der Waals surface area contributed by atoms with Crippen LogP contribution in [-0.2, 0) is 12.6 Å². The minimum absolute atomic E-state index is 0.0304. The Hall–Kier alpha value is -4.40. The first-order chi connectivity index (χ1) is 17.7. The van der Waals surface area contributed by atoms with Crippen molar-refractivity contribution < 1.29 is 18.0 Å². The first-order valence-corrected chi connectivity index (χ1v) is 11.8. The largest absolute Gasteiger partial charge is 0.417 e.